The first-order valence-electron chi connectivity index (χ1n) is 12.0. The Labute approximate surface area is 220 Å². The van der Waals surface area contributed by atoms with Crippen LogP contribution < -0.4 is 4.74 Å². The molecule has 0 saturated heterocycles. The smallest absolute Gasteiger partial charge is 0.238 e. The fourth-order valence-corrected chi connectivity index (χ4v) is 5.93. The van der Waals surface area contributed by atoms with Gasteiger partial charge in [-0.05, 0) is 29.3 Å². The van der Waals surface area contributed by atoms with Gasteiger partial charge in [-0.2, -0.15) is 0 Å². The first kappa shape index (κ1) is 23.2. The molecule has 6 rings (SSSR count). The highest BCUT2D eigenvalue weighted by molar-refractivity contribution is 6.35. The number of benzene rings is 4. The normalized spacial score (nSPS) is 19.1. The van der Waals surface area contributed by atoms with Gasteiger partial charge in [0, 0.05) is 59.2 Å². The second-order valence-electron chi connectivity index (χ2n) is 9.20. The van der Waals surface area contributed by atoms with E-state index in [4.69, 9.17) is 32.7 Å². The minimum atomic E-state index is -0.987. The zero-order valence-corrected chi connectivity index (χ0v) is 21.3. The highest BCUT2D eigenvalue weighted by Gasteiger charge is 2.45. The van der Waals surface area contributed by atoms with Crippen LogP contribution in [0.3, 0.4) is 0 Å². The van der Waals surface area contributed by atoms with Gasteiger partial charge in [0.2, 0.25) is 5.79 Å². The summed E-state index contributed by atoms with van der Waals surface area (Å²) in [6.45, 7) is 0.780. The molecular formula is C31H25Cl2NO2. The highest BCUT2D eigenvalue weighted by atomic mass is 35.5. The van der Waals surface area contributed by atoms with Gasteiger partial charge in [0.1, 0.15) is 5.75 Å². The van der Waals surface area contributed by atoms with E-state index in [0.29, 0.717) is 22.2 Å². The Morgan fingerprint density at radius 3 is 2.33 bits per heavy atom. The van der Waals surface area contributed by atoms with Gasteiger partial charge in [-0.3, -0.25) is 0 Å². The molecule has 5 heteroatoms. The summed E-state index contributed by atoms with van der Waals surface area (Å²) in [5.41, 5.74) is 5.54. The van der Waals surface area contributed by atoms with Crippen LogP contribution in [0.4, 0.5) is 0 Å². The maximum absolute atomic E-state index is 6.73. The van der Waals surface area contributed by atoms with Gasteiger partial charge in [0.15, 0.2) is 0 Å². The average Bonchev–Trinajstić information content (AvgIpc) is 3.27. The molecule has 0 saturated carbocycles. The molecule has 1 aliphatic rings. The van der Waals surface area contributed by atoms with Crippen molar-refractivity contribution in [3.05, 3.63) is 136 Å². The maximum Gasteiger partial charge on any atom is 0.238 e. The van der Waals surface area contributed by atoms with Crippen LogP contribution in [0.2, 0.25) is 10.0 Å². The third kappa shape index (κ3) is 3.98. The van der Waals surface area contributed by atoms with Crippen molar-refractivity contribution in [2.75, 3.05) is 7.11 Å². The van der Waals surface area contributed by atoms with Gasteiger partial charge in [-0.1, -0.05) is 102 Å². The van der Waals surface area contributed by atoms with Crippen molar-refractivity contribution in [2.24, 2.45) is 0 Å². The molecule has 0 spiro atoms. The summed E-state index contributed by atoms with van der Waals surface area (Å²) < 4.78 is 15.1. The van der Waals surface area contributed by atoms with E-state index < -0.39 is 5.79 Å². The van der Waals surface area contributed by atoms with Crippen molar-refractivity contribution >= 4 is 34.1 Å². The second kappa shape index (κ2) is 9.33. The van der Waals surface area contributed by atoms with Crippen LogP contribution in [-0.4, -0.2) is 11.7 Å². The van der Waals surface area contributed by atoms with Crippen LogP contribution in [0.15, 0.2) is 103 Å². The number of fused-ring (bicyclic) bond motifs is 2. The molecule has 5 aromatic rings. The number of aromatic nitrogens is 1. The lowest BCUT2D eigenvalue weighted by Gasteiger charge is -2.41. The fourth-order valence-electron chi connectivity index (χ4n) is 5.38. The molecule has 0 N–H and O–H groups in total. The van der Waals surface area contributed by atoms with E-state index in [-0.39, 0.29) is 5.92 Å². The largest absolute Gasteiger partial charge is 0.456 e. The molecule has 0 unspecified atom stereocenters. The second-order valence-corrected chi connectivity index (χ2v) is 10.0. The van der Waals surface area contributed by atoms with Gasteiger partial charge in [-0.25, -0.2) is 0 Å². The van der Waals surface area contributed by atoms with E-state index in [2.05, 4.69) is 59.3 Å². The van der Waals surface area contributed by atoms with Crippen LogP contribution in [0.5, 0.6) is 5.75 Å². The summed E-state index contributed by atoms with van der Waals surface area (Å²) in [4.78, 5) is 0. The lowest BCUT2D eigenvalue weighted by molar-refractivity contribution is -0.186. The summed E-state index contributed by atoms with van der Waals surface area (Å²) in [5.74, 6) is -0.422. The zero-order chi connectivity index (χ0) is 24.7. The lowest BCUT2D eigenvalue weighted by Crippen LogP contribution is -2.40. The number of hydrogen-bond acceptors (Lipinski definition) is 2. The molecule has 2 heterocycles. The Balaban J connectivity index is 1.56. The van der Waals surface area contributed by atoms with Crippen molar-refractivity contribution in [3.8, 4) is 5.75 Å². The van der Waals surface area contributed by atoms with E-state index in [1.165, 1.54) is 22.0 Å². The molecule has 3 nitrogen and oxygen atoms in total. The quantitative estimate of drug-likeness (QED) is 0.235. The topological polar surface area (TPSA) is 23.4 Å². The molecule has 2 atom stereocenters. The van der Waals surface area contributed by atoms with Crippen LogP contribution in [0.1, 0.15) is 34.6 Å². The molecule has 1 aliphatic heterocycles. The average molecular weight is 514 g/mol. The number of para-hydroxylation sites is 1. The summed E-state index contributed by atoms with van der Waals surface area (Å²) in [7, 11) is 1.69. The molecule has 36 heavy (non-hydrogen) atoms. The number of ether oxygens (including phenoxy) is 2. The van der Waals surface area contributed by atoms with Gasteiger partial charge < -0.3 is 14.0 Å². The standard InChI is InChI=1S/C31H25Cl2NO2/c1-35-31(22-12-6-3-7-13-22)18-26(25-16-23(32)17-28(33)30(25)36-31)27-20-34(19-21-10-4-2-5-11-21)29-15-9-8-14-24(27)29/h2-17,20,26H,18-19H2,1H3/t26-,31-/m0/s1. The number of hydrogen-bond donors (Lipinski definition) is 0. The van der Waals surface area contributed by atoms with Crippen LogP contribution in [0.25, 0.3) is 10.9 Å². The monoisotopic (exact) mass is 513 g/mol. The third-order valence-electron chi connectivity index (χ3n) is 7.09. The summed E-state index contributed by atoms with van der Waals surface area (Å²) in [5, 5.41) is 2.26. The third-order valence-corrected chi connectivity index (χ3v) is 7.59. The van der Waals surface area contributed by atoms with E-state index >= 15 is 0 Å². The van der Waals surface area contributed by atoms with Crippen molar-refractivity contribution in [2.45, 2.75) is 24.7 Å². The molecule has 0 radical (unpaired) electrons. The fraction of sp³-hybridized carbons (Fsp3) is 0.161. The van der Waals surface area contributed by atoms with E-state index in [9.17, 15) is 0 Å². The minimum Gasteiger partial charge on any atom is -0.456 e. The van der Waals surface area contributed by atoms with Gasteiger partial charge in [0.25, 0.3) is 0 Å². The highest BCUT2D eigenvalue weighted by Crippen LogP contribution is 2.53. The predicted molar refractivity (Wildman–Crippen MR) is 146 cm³/mol. The molecular weight excluding hydrogens is 489 g/mol. The molecule has 0 amide bonds. The number of methoxy groups -OCH3 is 1. The number of halogens is 2. The van der Waals surface area contributed by atoms with Crippen LogP contribution in [0, 0.1) is 0 Å². The molecule has 0 fully saturated rings. The first-order chi connectivity index (χ1) is 17.6. The molecule has 1 aromatic heterocycles. The van der Waals surface area contributed by atoms with Crippen molar-refractivity contribution < 1.29 is 9.47 Å². The van der Waals surface area contributed by atoms with Crippen LogP contribution in [-0.2, 0) is 17.1 Å². The van der Waals surface area contributed by atoms with E-state index in [1.807, 2.05) is 42.5 Å². The molecule has 180 valence electrons. The van der Waals surface area contributed by atoms with Crippen molar-refractivity contribution in [1.82, 2.24) is 4.57 Å². The number of rotatable bonds is 5. The lowest BCUT2D eigenvalue weighted by atomic mass is 9.80. The number of nitrogens with zero attached hydrogens (tertiary/aromatic N) is 1. The van der Waals surface area contributed by atoms with E-state index in [0.717, 1.165) is 17.7 Å². The summed E-state index contributed by atoms with van der Waals surface area (Å²) >= 11 is 13.2. The molecule has 0 bridgehead atoms. The Bertz CT molecular complexity index is 1530. The summed E-state index contributed by atoms with van der Waals surface area (Å²) in [6, 6.07) is 32.8. The molecule has 4 aromatic carbocycles. The van der Waals surface area contributed by atoms with Gasteiger partial charge in [-0.15, -0.1) is 0 Å². The van der Waals surface area contributed by atoms with Crippen LogP contribution >= 0.6 is 23.2 Å². The predicted octanol–water partition coefficient (Wildman–Crippen LogP) is 8.41. The Kier molecular flexibility index (Phi) is 6.00. The SMILES string of the molecule is CO[C@@]1(c2ccccc2)C[C@H](c2cn(Cc3ccccc3)c3ccccc23)c2cc(Cl)cc(Cl)c2O1. The van der Waals surface area contributed by atoms with Gasteiger partial charge in [0.05, 0.1) is 5.02 Å². The molecule has 0 aliphatic carbocycles. The Morgan fingerprint density at radius 1 is 0.889 bits per heavy atom. The first-order valence-corrected chi connectivity index (χ1v) is 12.7. The van der Waals surface area contributed by atoms with E-state index in [1.54, 1.807) is 13.2 Å². The maximum atomic E-state index is 6.73. The minimum absolute atomic E-state index is 0.0490. The van der Waals surface area contributed by atoms with Crippen molar-refractivity contribution in [1.29, 1.82) is 0 Å². The summed E-state index contributed by atoms with van der Waals surface area (Å²) in [6.07, 6.45) is 2.84. The Morgan fingerprint density at radius 2 is 1.58 bits per heavy atom. The van der Waals surface area contributed by atoms with Crippen molar-refractivity contribution in [3.63, 3.8) is 0 Å². The van der Waals surface area contributed by atoms with Gasteiger partial charge >= 0.3 is 0 Å². The Hall–Kier alpha value is -3.24. The zero-order valence-electron chi connectivity index (χ0n) is 19.8.